The van der Waals surface area contributed by atoms with Gasteiger partial charge in [0.25, 0.3) is 0 Å². The zero-order chi connectivity index (χ0) is 10.1. The second-order valence-electron chi connectivity index (χ2n) is 3.37. The molecule has 1 nitrogen and oxygen atoms in total. The molecule has 1 radical (unpaired) electrons. The first-order chi connectivity index (χ1) is 6.68. The quantitative estimate of drug-likeness (QED) is 0.671. The molecular weight excluding hydrogens is 194 g/mol. The number of aryl methyl sites for hydroxylation is 2. The Morgan fingerprint density at radius 2 is 1.86 bits per heavy atom. The molecule has 14 heavy (non-hydrogen) atoms. The van der Waals surface area contributed by atoms with Gasteiger partial charge in [-0.05, 0) is 36.2 Å². The van der Waals surface area contributed by atoms with Gasteiger partial charge in [-0.2, -0.15) is 0 Å². The van der Waals surface area contributed by atoms with Crippen molar-refractivity contribution in [1.29, 1.82) is 0 Å². The predicted molar refractivity (Wildman–Crippen MR) is 59.4 cm³/mol. The molecule has 0 amide bonds. The number of nitrogens with zero attached hydrogens (tertiary/aromatic N) is 1. The zero-order valence-corrected chi connectivity index (χ0v) is 8.97. The molecule has 2 heteroatoms. The van der Waals surface area contributed by atoms with Crippen LogP contribution in [0, 0.1) is 13.1 Å². The highest BCUT2D eigenvalue weighted by molar-refractivity contribution is 6.30. The van der Waals surface area contributed by atoms with Crippen molar-refractivity contribution in [2.75, 3.05) is 0 Å². The molecule has 0 saturated carbocycles. The first kappa shape index (κ1) is 9.35. The lowest BCUT2D eigenvalue weighted by atomic mass is 10.1. The van der Waals surface area contributed by atoms with Gasteiger partial charge < -0.3 is 4.57 Å². The van der Waals surface area contributed by atoms with Gasteiger partial charge >= 0.3 is 0 Å². The van der Waals surface area contributed by atoms with E-state index in [2.05, 4.69) is 13.1 Å². The van der Waals surface area contributed by atoms with Gasteiger partial charge in [-0.15, -0.1) is 0 Å². The van der Waals surface area contributed by atoms with Crippen LogP contribution in [0.5, 0.6) is 0 Å². The normalized spacial score (nSPS) is 10.5. The van der Waals surface area contributed by atoms with E-state index in [0.717, 1.165) is 5.02 Å². The van der Waals surface area contributed by atoms with Crippen molar-refractivity contribution >= 4 is 11.6 Å². The van der Waals surface area contributed by atoms with E-state index in [9.17, 15) is 0 Å². The van der Waals surface area contributed by atoms with E-state index >= 15 is 0 Å². The number of hydrogen-bond donors (Lipinski definition) is 0. The summed E-state index contributed by atoms with van der Waals surface area (Å²) in [5, 5.41) is 0.768. The molecule has 0 spiro atoms. The molecule has 71 valence electrons. The van der Waals surface area contributed by atoms with Gasteiger partial charge in [0.05, 0.1) is 11.9 Å². The van der Waals surface area contributed by atoms with E-state index in [0.29, 0.717) is 0 Å². The van der Waals surface area contributed by atoms with Crippen molar-refractivity contribution in [2.24, 2.45) is 7.05 Å². The fourth-order valence-electron chi connectivity index (χ4n) is 1.62. The Morgan fingerprint density at radius 3 is 2.36 bits per heavy atom. The second kappa shape index (κ2) is 3.50. The number of rotatable bonds is 1. The van der Waals surface area contributed by atoms with E-state index in [1.54, 1.807) is 0 Å². The highest BCUT2D eigenvalue weighted by atomic mass is 35.5. The van der Waals surface area contributed by atoms with Crippen molar-refractivity contribution < 1.29 is 0 Å². The maximum atomic E-state index is 5.84. The summed E-state index contributed by atoms with van der Waals surface area (Å²) in [6.45, 7) is 2.08. The maximum Gasteiger partial charge on any atom is 0.0653 e. The maximum absolute atomic E-state index is 5.84. The van der Waals surface area contributed by atoms with Gasteiger partial charge in [-0.1, -0.05) is 23.7 Å². The molecule has 0 bridgehead atoms. The monoisotopic (exact) mass is 204 g/mol. The molecular formula is C12H11ClN. The van der Waals surface area contributed by atoms with E-state index in [-0.39, 0.29) is 0 Å². The fourth-order valence-corrected chi connectivity index (χ4v) is 1.75. The predicted octanol–water partition coefficient (Wildman–Crippen LogP) is 3.45. The first-order valence-electron chi connectivity index (χ1n) is 4.48. The lowest BCUT2D eigenvalue weighted by Gasteiger charge is -2.05. The van der Waals surface area contributed by atoms with Gasteiger partial charge in [0.1, 0.15) is 0 Å². The van der Waals surface area contributed by atoms with Crippen molar-refractivity contribution in [2.45, 2.75) is 6.92 Å². The Morgan fingerprint density at radius 1 is 1.21 bits per heavy atom. The van der Waals surface area contributed by atoms with Crippen LogP contribution in [0.3, 0.4) is 0 Å². The summed E-state index contributed by atoms with van der Waals surface area (Å²) in [4.78, 5) is 0. The van der Waals surface area contributed by atoms with Crippen molar-refractivity contribution in [1.82, 2.24) is 4.57 Å². The molecule has 0 aliphatic carbocycles. The molecule has 0 aliphatic heterocycles. The lowest BCUT2D eigenvalue weighted by Crippen LogP contribution is -1.90. The molecule has 1 aromatic carbocycles. The molecule has 0 N–H and O–H groups in total. The van der Waals surface area contributed by atoms with Crippen LogP contribution in [0.2, 0.25) is 5.02 Å². The smallest absolute Gasteiger partial charge is 0.0653 e. The molecule has 0 aliphatic rings. The van der Waals surface area contributed by atoms with Gasteiger partial charge in [0.15, 0.2) is 0 Å². The van der Waals surface area contributed by atoms with Gasteiger partial charge in [0, 0.05) is 12.1 Å². The number of halogens is 1. The van der Waals surface area contributed by atoms with Crippen LogP contribution in [0.4, 0.5) is 0 Å². The molecule has 0 atom stereocenters. The summed E-state index contributed by atoms with van der Waals surface area (Å²) in [6, 6.07) is 9.85. The van der Waals surface area contributed by atoms with Crippen LogP contribution in [0.25, 0.3) is 11.3 Å². The van der Waals surface area contributed by atoms with Crippen LogP contribution >= 0.6 is 11.6 Å². The van der Waals surface area contributed by atoms with Crippen LogP contribution in [-0.2, 0) is 7.05 Å². The van der Waals surface area contributed by atoms with Crippen molar-refractivity contribution in [3.8, 4) is 11.3 Å². The Bertz CT molecular complexity index is 420. The highest BCUT2D eigenvalue weighted by Gasteiger charge is 2.05. The first-order valence-corrected chi connectivity index (χ1v) is 4.86. The molecule has 2 rings (SSSR count). The molecule has 0 fully saturated rings. The van der Waals surface area contributed by atoms with Crippen LogP contribution < -0.4 is 0 Å². The number of aromatic nitrogens is 1. The van der Waals surface area contributed by atoms with Gasteiger partial charge in [-0.25, -0.2) is 0 Å². The molecule has 1 aromatic heterocycles. The minimum absolute atomic E-state index is 0.768. The van der Waals surface area contributed by atoms with Crippen LogP contribution in [-0.4, -0.2) is 4.57 Å². The largest absolute Gasteiger partial charge is 0.342 e. The average Bonchev–Trinajstić information content (AvgIpc) is 2.49. The van der Waals surface area contributed by atoms with Crippen molar-refractivity contribution in [3.63, 3.8) is 0 Å². The van der Waals surface area contributed by atoms with E-state index in [1.807, 2.05) is 41.9 Å². The Balaban J connectivity index is 2.54. The summed E-state index contributed by atoms with van der Waals surface area (Å²) in [7, 11) is 2.00. The fraction of sp³-hybridized carbons (Fsp3) is 0.167. The summed E-state index contributed by atoms with van der Waals surface area (Å²) >= 11 is 5.84. The minimum Gasteiger partial charge on any atom is -0.342 e. The third-order valence-corrected chi connectivity index (χ3v) is 2.55. The molecule has 0 unspecified atom stereocenters. The van der Waals surface area contributed by atoms with Crippen LogP contribution in [0.1, 0.15) is 5.56 Å². The minimum atomic E-state index is 0.768. The summed E-state index contributed by atoms with van der Waals surface area (Å²) < 4.78 is 2.00. The number of hydrogen-bond acceptors (Lipinski definition) is 0. The third kappa shape index (κ3) is 1.55. The van der Waals surface area contributed by atoms with Gasteiger partial charge in [0.2, 0.25) is 0 Å². The van der Waals surface area contributed by atoms with E-state index < -0.39 is 0 Å². The van der Waals surface area contributed by atoms with Crippen LogP contribution in [0.15, 0.2) is 30.3 Å². The lowest BCUT2D eigenvalue weighted by molar-refractivity contribution is 0.926. The summed E-state index contributed by atoms with van der Waals surface area (Å²) in [5.41, 5.74) is 3.60. The summed E-state index contributed by atoms with van der Waals surface area (Å²) in [6.07, 6.45) is 3.13. The Kier molecular flexibility index (Phi) is 2.34. The third-order valence-electron chi connectivity index (χ3n) is 2.30. The second-order valence-corrected chi connectivity index (χ2v) is 3.81. The van der Waals surface area contributed by atoms with E-state index in [1.165, 1.54) is 16.8 Å². The van der Waals surface area contributed by atoms with Crippen molar-refractivity contribution in [3.05, 3.63) is 47.1 Å². The standard InChI is InChI=1S/C12H11ClN/c1-9-7-8-14(2)12(9)10-3-5-11(13)6-4-10/h3-7H,1-2H3. The number of benzene rings is 1. The zero-order valence-electron chi connectivity index (χ0n) is 8.21. The Labute approximate surface area is 88.9 Å². The van der Waals surface area contributed by atoms with Gasteiger partial charge in [-0.3, -0.25) is 0 Å². The molecule has 1 heterocycles. The SMILES string of the molecule is Cc1c[c]n(C)c1-c1ccc(Cl)cc1. The Hall–Kier alpha value is -1.21. The average molecular weight is 205 g/mol. The molecule has 0 saturated heterocycles. The van der Waals surface area contributed by atoms with E-state index in [4.69, 9.17) is 11.6 Å². The topological polar surface area (TPSA) is 4.93 Å². The summed E-state index contributed by atoms with van der Waals surface area (Å²) in [5.74, 6) is 0. The molecule has 2 aromatic rings. The highest BCUT2D eigenvalue weighted by Crippen LogP contribution is 2.24.